The van der Waals surface area contributed by atoms with Gasteiger partial charge in [0.1, 0.15) is 16.7 Å². The Balaban J connectivity index is 2.67. The van der Waals surface area contributed by atoms with Gasteiger partial charge in [0.2, 0.25) is 0 Å². The van der Waals surface area contributed by atoms with Gasteiger partial charge in [-0.25, -0.2) is 9.97 Å². The molecule has 0 fully saturated rings. The fourth-order valence-electron chi connectivity index (χ4n) is 2.09. The number of hydrogen-bond acceptors (Lipinski definition) is 7. The summed E-state index contributed by atoms with van der Waals surface area (Å²) in [5.41, 5.74) is 0.942. The van der Waals surface area contributed by atoms with E-state index in [0.717, 1.165) is 5.56 Å². The van der Waals surface area contributed by atoms with Crippen LogP contribution in [0.5, 0.6) is 0 Å². The standard InChI is InChI=1S/C17H14N4O2S/c1-3-23-17(22)13(10-19)14-12(9-18)16(24-2)21-15(20-14)11-7-5-4-6-8-11/h4-8,13H,3H2,1-2H3. The van der Waals surface area contributed by atoms with Crippen LogP contribution in [0.3, 0.4) is 0 Å². The molecule has 0 radical (unpaired) electrons. The number of ether oxygens (including phenoxy) is 1. The highest BCUT2D eigenvalue weighted by Crippen LogP contribution is 2.29. The quantitative estimate of drug-likeness (QED) is 0.469. The maximum Gasteiger partial charge on any atom is 0.329 e. The summed E-state index contributed by atoms with van der Waals surface area (Å²) in [7, 11) is 0. The molecule has 0 amide bonds. The molecule has 0 N–H and O–H groups in total. The van der Waals surface area contributed by atoms with Crippen LogP contribution in [0.4, 0.5) is 0 Å². The lowest BCUT2D eigenvalue weighted by Gasteiger charge is -2.13. The number of nitrogens with zero attached hydrogens (tertiary/aromatic N) is 4. The second-order valence-electron chi connectivity index (χ2n) is 4.61. The van der Waals surface area contributed by atoms with E-state index in [1.165, 1.54) is 11.8 Å². The molecule has 7 heteroatoms. The fourth-order valence-corrected chi connectivity index (χ4v) is 2.62. The molecule has 1 aromatic carbocycles. The first kappa shape index (κ1) is 17.5. The number of carbonyl (C=O) groups is 1. The lowest BCUT2D eigenvalue weighted by molar-refractivity contribution is -0.143. The van der Waals surface area contributed by atoms with Crippen molar-refractivity contribution < 1.29 is 9.53 Å². The number of thioether (sulfide) groups is 1. The van der Waals surface area contributed by atoms with Crippen molar-refractivity contribution in [2.75, 3.05) is 12.9 Å². The smallest absolute Gasteiger partial charge is 0.329 e. The van der Waals surface area contributed by atoms with Crippen LogP contribution in [0, 0.1) is 22.7 Å². The van der Waals surface area contributed by atoms with Crippen LogP contribution < -0.4 is 0 Å². The van der Waals surface area contributed by atoms with Gasteiger partial charge in [-0.2, -0.15) is 10.5 Å². The third kappa shape index (κ3) is 3.53. The molecular formula is C17H14N4O2S. The summed E-state index contributed by atoms with van der Waals surface area (Å²) in [5.74, 6) is -1.63. The van der Waals surface area contributed by atoms with Crippen LogP contribution in [-0.4, -0.2) is 28.8 Å². The van der Waals surface area contributed by atoms with E-state index in [0.29, 0.717) is 10.9 Å². The van der Waals surface area contributed by atoms with Crippen molar-refractivity contribution in [3.63, 3.8) is 0 Å². The second kappa shape index (κ2) is 8.09. The summed E-state index contributed by atoms with van der Waals surface area (Å²) in [6.45, 7) is 1.80. The number of nitriles is 2. The van der Waals surface area contributed by atoms with E-state index in [2.05, 4.69) is 9.97 Å². The third-order valence-corrected chi connectivity index (χ3v) is 3.85. The highest BCUT2D eigenvalue weighted by atomic mass is 32.2. The Hall–Kier alpha value is -2.90. The first-order valence-corrected chi connectivity index (χ1v) is 8.36. The minimum absolute atomic E-state index is 0.0802. The van der Waals surface area contributed by atoms with Crippen molar-refractivity contribution >= 4 is 17.7 Å². The van der Waals surface area contributed by atoms with Gasteiger partial charge in [-0.3, -0.25) is 4.79 Å². The molecule has 120 valence electrons. The summed E-state index contributed by atoms with van der Waals surface area (Å²) in [5, 5.41) is 19.3. The average Bonchev–Trinajstić information content (AvgIpc) is 2.62. The number of hydrogen-bond donors (Lipinski definition) is 0. The fraction of sp³-hybridized carbons (Fsp3) is 0.235. The van der Waals surface area contributed by atoms with Crippen LogP contribution in [0.2, 0.25) is 0 Å². The average molecular weight is 338 g/mol. The van der Waals surface area contributed by atoms with Crippen molar-refractivity contribution in [1.29, 1.82) is 10.5 Å². The summed E-state index contributed by atoms with van der Waals surface area (Å²) >= 11 is 1.26. The Bertz CT molecular complexity index is 825. The molecule has 0 aliphatic heterocycles. The second-order valence-corrected chi connectivity index (χ2v) is 5.40. The van der Waals surface area contributed by atoms with Crippen LogP contribution in [0.25, 0.3) is 11.4 Å². The zero-order chi connectivity index (χ0) is 17.5. The van der Waals surface area contributed by atoms with E-state index in [-0.39, 0.29) is 17.9 Å². The van der Waals surface area contributed by atoms with Crippen LogP contribution in [0.15, 0.2) is 35.4 Å². The zero-order valence-corrected chi connectivity index (χ0v) is 14.0. The lowest BCUT2D eigenvalue weighted by atomic mass is 10.0. The largest absolute Gasteiger partial charge is 0.465 e. The molecule has 0 spiro atoms. The van der Waals surface area contributed by atoms with E-state index in [1.807, 2.05) is 42.5 Å². The summed E-state index contributed by atoms with van der Waals surface area (Å²) < 4.78 is 4.93. The maximum atomic E-state index is 12.1. The van der Waals surface area contributed by atoms with Gasteiger partial charge in [-0.05, 0) is 13.2 Å². The van der Waals surface area contributed by atoms with Crippen LogP contribution in [-0.2, 0) is 9.53 Å². The minimum Gasteiger partial charge on any atom is -0.465 e. The van der Waals surface area contributed by atoms with Gasteiger partial charge >= 0.3 is 5.97 Å². The number of aromatic nitrogens is 2. The Morgan fingerprint density at radius 3 is 2.54 bits per heavy atom. The number of esters is 1. The summed E-state index contributed by atoms with van der Waals surface area (Å²) in [4.78, 5) is 20.8. The van der Waals surface area contributed by atoms with Crippen LogP contribution >= 0.6 is 11.8 Å². The van der Waals surface area contributed by atoms with Gasteiger partial charge in [0.25, 0.3) is 0 Å². The highest BCUT2D eigenvalue weighted by molar-refractivity contribution is 7.98. The first-order chi connectivity index (χ1) is 11.7. The summed E-state index contributed by atoms with van der Waals surface area (Å²) in [6, 6.07) is 13.1. The molecule has 1 atom stereocenters. The summed E-state index contributed by atoms with van der Waals surface area (Å²) in [6.07, 6.45) is 1.77. The van der Waals surface area contributed by atoms with Gasteiger partial charge < -0.3 is 4.74 Å². The monoisotopic (exact) mass is 338 g/mol. The van der Waals surface area contributed by atoms with Gasteiger partial charge in [-0.15, -0.1) is 11.8 Å². The molecule has 24 heavy (non-hydrogen) atoms. The zero-order valence-electron chi connectivity index (χ0n) is 13.2. The lowest BCUT2D eigenvalue weighted by Crippen LogP contribution is -2.18. The maximum absolute atomic E-state index is 12.1. The third-order valence-electron chi connectivity index (χ3n) is 3.17. The predicted molar refractivity (Wildman–Crippen MR) is 89.0 cm³/mol. The minimum atomic E-state index is -1.27. The Kier molecular flexibility index (Phi) is 5.89. The van der Waals surface area contributed by atoms with E-state index < -0.39 is 11.9 Å². The number of benzene rings is 1. The Morgan fingerprint density at radius 1 is 1.29 bits per heavy atom. The SMILES string of the molecule is CCOC(=O)C(C#N)c1nc(-c2ccccc2)nc(SC)c1C#N. The highest BCUT2D eigenvalue weighted by Gasteiger charge is 2.29. The molecule has 6 nitrogen and oxygen atoms in total. The van der Waals surface area contributed by atoms with Crippen molar-refractivity contribution in [2.45, 2.75) is 17.9 Å². The molecule has 0 aliphatic rings. The number of rotatable bonds is 5. The van der Waals surface area contributed by atoms with Crippen LogP contribution in [0.1, 0.15) is 24.1 Å². The van der Waals surface area contributed by atoms with Crippen molar-refractivity contribution in [3.8, 4) is 23.5 Å². The molecule has 1 heterocycles. The molecule has 0 aliphatic carbocycles. The Labute approximate surface area is 144 Å². The van der Waals surface area contributed by atoms with E-state index in [9.17, 15) is 15.3 Å². The van der Waals surface area contributed by atoms with Crippen molar-refractivity contribution in [2.24, 2.45) is 0 Å². The first-order valence-electron chi connectivity index (χ1n) is 7.13. The molecule has 2 rings (SSSR count). The topological polar surface area (TPSA) is 99.7 Å². The van der Waals surface area contributed by atoms with E-state index in [4.69, 9.17) is 4.74 Å². The predicted octanol–water partition coefficient (Wildman–Crippen LogP) is 2.91. The molecule has 0 saturated carbocycles. The van der Waals surface area contributed by atoms with E-state index in [1.54, 1.807) is 13.2 Å². The van der Waals surface area contributed by atoms with Gasteiger partial charge in [-0.1, -0.05) is 30.3 Å². The molecule has 1 aromatic heterocycles. The van der Waals surface area contributed by atoms with Gasteiger partial charge in [0, 0.05) is 5.56 Å². The van der Waals surface area contributed by atoms with E-state index >= 15 is 0 Å². The molecule has 1 unspecified atom stereocenters. The van der Waals surface area contributed by atoms with Gasteiger partial charge in [0.05, 0.1) is 18.4 Å². The normalized spacial score (nSPS) is 11.2. The number of carbonyl (C=O) groups excluding carboxylic acids is 1. The van der Waals surface area contributed by atoms with Gasteiger partial charge in [0.15, 0.2) is 11.7 Å². The molecule has 0 bridgehead atoms. The van der Waals surface area contributed by atoms with Crippen molar-refractivity contribution in [3.05, 3.63) is 41.6 Å². The molecule has 0 saturated heterocycles. The molecular weight excluding hydrogens is 324 g/mol. The molecule has 2 aromatic rings. The van der Waals surface area contributed by atoms with Crippen molar-refractivity contribution in [1.82, 2.24) is 9.97 Å². The Morgan fingerprint density at radius 2 is 2.00 bits per heavy atom.